The molecule has 128 valence electrons. The van der Waals surface area contributed by atoms with E-state index >= 15 is 0 Å². The molecule has 0 aromatic heterocycles. The van der Waals surface area contributed by atoms with Gasteiger partial charge in [0, 0.05) is 16.9 Å². The molecule has 0 saturated carbocycles. The van der Waals surface area contributed by atoms with Crippen LogP contribution in [0.2, 0.25) is 0 Å². The second-order valence-electron chi connectivity index (χ2n) is 7.44. The molecule has 0 spiro atoms. The molecule has 0 N–H and O–H groups in total. The minimum Gasteiger partial charge on any atom is -0.466 e. The van der Waals surface area contributed by atoms with Crippen LogP contribution in [0.1, 0.15) is 37.0 Å². The molecule has 0 radical (unpaired) electrons. The number of hydrogen-bond acceptors (Lipinski definition) is 3. The Balaban J connectivity index is 1.73. The Kier molecular flexibility index (Phi) is 3.99. The van der Waals surface area contributed by atoms with Crippen molar-refractivity contribution < 1.29 is 9.53 Å². The maximum absolute atomic E-state index is 11.8. The lowest BCUT2D eigenvalue weighted by Crippen LogP contribution is -2.22. The predicted molar refractivity (Wildman–Crippen MR) is 104 cm³/mol. The standard InChI is InChI=1S/C22H22O2S/c1-22(2)8-9-25-20-7-6-16(13-19(20)22)14-4-5-15-11-18(21(23)24-3)12-17(15)10-14/h4-7,10,12-13H,8-9,11H2,1-3H3. The van der Waals surface area contributed by atoms with Crippen LogP contribution in [0, 0.1) is 0 Å². The highest BCUT2D eigenvalue weighted by atomic mass is 32.2. The van der Waals surface area contributed by atoms with Crippen molar-refractivity contribution in [3.05, 3.63) is 58.7 Å². The Morgan fingerprint density at radius 2 is 1.88 bits per heavy atom. The summed E-state index contributed by atoms with van der Waals surface area (Å²) in [5.41, 5.74) is 7.19. The first kappa shape index (κ1) is 16.5. The fraction of sp³-hybridized carbons (Fsp3) is 0.318. The second-order valence-corrected chi connectivity index (χ2v) is 8.58. The first-order valence-corrected chi connectivity index (χ1v) is 9.66. The molecule has 1 aliphatic heterocycles. The zero-order chi connectivity index (χ0) is 17.6. The fourth-order valence-electron chi connectivity index (χ4n) is 3.69. The van der Waals surface area contributed by atoms with Gasteiger partial charge in [0.2, 0.25) is 0 Å². The van der Waals surface area contributed by atoms with Crippen LogP contribution in [-0.2, 0) is 21.4 Å². The van der Waals surface area contributed by atoms with Crippen LogP contribution in [0.4, 0.5) is 0 Å². The number of esters is 1. The van der Waals surface area contributed by atoms with E-state index in [-0.39, 0.29) is 11.4 Å². The molecular weight excluding hydrogens is 328 g/mol. The van der Waals surface area contributed by atoms with Gasteiger partial charge in [-0.25, -0.2) is 4.79 Å². The van der Waals surface area contributed by atoms with Crippen LogP contribution >= 0.6 is 11.8 Å². The predicted octanol–water partition coefficient (Wildman–Crippen LogP) is 5.24. The van der Waals surface area contributed by atoms with Crippen molar-refractivity contribution in [2.24, 2.45) is 0 Å². The van der Waals surface area contributed by atoms with Crippen molar-refractivity contribution in [2.45, 2.75) is 37.0 Å². The molecule has 2 aromatic rings. The summed E-state index contributed by atoms with van der Waals surface area (Å²) in [5.74, 6) is 0.963. The molecule has 1 heterocycles. The minimum atomic E-state index is -0.231. The lowest BCUT2D eigenvalue weighted by molar-refractivity contribution is -0.136. The first-order chi connectivity index (χ1) is 12.0. The summed E-state index contributed by atoms with van der Waals surface area (Å²) in [5, 5.41) is 0. The summed E-state index contributed by atoms with van der Waals surface area (Å²) in [7, 11) is 1.43. The van der Waals surface area contributed by atoms with E-state index in [0.717, 1.165) is 11.1 Å². The van der Waals surface area contributed by atoms with E-state index in [1.54, 1.807) is 0 Å². The average Bonchev–Trinajstić information content (AvgIpc) is 3.04. The molecule has 0 atom stereocenters. The van der Waals surface area contributed by atoms with Gasteiger partial charge in [0.05, 0.1) is 7.11 Å². The van der Waals surface area contributed by atoms with Crippen molar-refractivity contribution in [3.8, 4) is 11.1 Å². The summed E-state index contributed by atoms with van der Waals surface area (Å²) in [6, 6.07) is 13.3. The zero-order valence-corrected chi connectivity index (χ0v) is 15.7. The summed E-state index contributed by atoms with van der Waals surface area (Å²) in [6.45, 7) is 4.67. The van der Waals surface area contributed by atoms with E-state index in [0.29, 0.717) is 6.42 Å². The lowest BCUT2D eigenvalue weighted by Gasteiger charge is -2.32. The van der Waals surface area contributed by atoms with Gasteiger partial charge in [-0.3, -0.25) is 0 Å². The molecule has 2 nitrogen and oxygen atoms in total. The van der Waals surface area contributed by atoms with Crippen LogP contribution in [0.25, 0.3) is 17.2 Å². The first-order valence-electron chi connectivity index (χ1n) is 8.67. The van der Waals surface area contributed by atoms with Crippen LogP contribution in [-0.4, -0.2) is 18.8 Å². The number of ether oxygens (including phenoxy) is 1. The molecule has 0 amide bonds. The highest BCUT2D eigenvalue weighted by molar-refractivity contribution is 7.99. The van der Waals surface area contributed by atoms with E-state index in [1.165, 1.54) is 46.4 Å². The van der Waals surface area contributed by atoms with Crippen molar-refractivity contribution in [3.63, 3.8) is 0 Å². The Labute approximate surface area is 153 Å². The van der Waals surface area contributed by atoms with Crippen LogP contribution < -0.4 is 0 Å². The molecule has 4 rings (SSSR count). The van der Waals surface area contributed by atoms with E-state index < -0.39 is 0 Å². The Bertz CT molecular complexity index is 893. The minimum absolute atomic E-state index is 0.227. The van der Waals surface area contributed by atoms with Gasteiger partial charge in [0.25, 0.3) is 0 Å². The Morgan fingerprint density at radius 3 is 2.68 bits per heavy atom. The van der Waals surface area contributed by atoms with Crippen LogP contribution in [0.5, 0.6) is 0 Å². The van der Waals surface area contributed by atoms with E-state index in [2.05, 4.69) is 50.2 Å². The number of carbonyl (C=O) groups excluding carboxylic acids is 1. The summed E-state index contributed by atoms with van der Waals surface area (Å²) in [4.78, 5) is 13.2. The monoisotopic (exact) mass is 350 g/mol. The third kappa shape index (κ3) is 2.91. The number of hydrogen-bond donors (Lipinski definition) is 0. The maximum atomic E-state index is 11.8. The zero-order valence-electron chi connectivity index (χ0n) is 14.9. The quantitative estimate of drug-likeness (QED) is 0.693. The van der Waals surface area contributed by atoms with Gasteiger partial charge in [-0.2, -0.15) is 0 Å². The number of carbonyl (C=O) groups is 1. The van der Waals surface area contributed by atoms with E-state index in [1.807, 2.05) is 17.8 Å². The van der Waals surface area contributed by atoms with E-state index in [4.69, 9.17) is 4.74 Å². The number of methoxy groups -OCH3 is 1. The smallest absolute Gasteiger partial charge is 0.334 e. The van der Waals surface area contributed by atoms with Gasteiger partial charge in [-0.1, -0.05) is 32.0 Å². The molecule has 0 saturated heterocycles. The number of fused-ring (bicyclic) bond motifs is 2. The summed E-state index contributed by atoms with van der Waals surface area (Å²) in [6.07, 6.45) is 3.84. The van der Waals surface area contributed by atoms with Crippen molar-refractivity contribution in [1.29, 1.82) is 0 Å². The van der Waals surface area contributed by atoms with Crippen molar-refractivity contribution in [1.82, 2.24) is 0 Å². The molecule has 0 bridgehead atoms. The Hall–Kier alpha value is -2.00. The molecule has 3 heteroatoms. The van der Waals surface area contributed by atoms with Crippen molar-refractivity contribution >= 4 is 23.8 Å². The van der Waals surface area contributed by atoms with Gasteiger partial charge in [0.1, 0.15) is 0 Å². The highest BCUT2D eigenvalue weighted by Crippen LogP contribution is 2.43. The second kappa shape index (κ2) is 6.06. The average molecular weight is 350 g/mol. The fourth-order valence-corrected chi connectivity index (χ4v) is 5.18. The number of rotatable bonds is 2. The Morgan fingerprint density at radius 1 is 1.12 bits per heavy atom. The normalized spacial score (nSPS) is 17.5. The molecular formula is C22H22O2S. The summed E-state index contributed by atoms with van der Waals surface area (Å²) >= 11 is 1.96. The van der Waals surface area contributed by atoms with Gasteiger partial charge in [-0.05, 0) is 69.7 Å². The largest absolute Gasteiger partial charge is 0.466 e. The molecule has 0 unspecified atom stereocenters. The topological polar surface area (TPSA) is 26.3 Å². The van der Waals surface area contributed by atoms with Gasteiger partial charge in [-0.15, -0.1) is 11.8 Å². The third-order valence-corrected chi connectivity index (χ3v) is 6.41. The highest BCUT2D eigenvalue weighted by Gasteiger charge is 2.28. The maximum Gasteiger partial charge on any atom is 0.334 e. The SMILES string of the molecule is COC(=O)C1=Cc2cc(-c3ccc4c(c3)C(C)(C)CCS4)ccc2C1. The van der Waals surface area contributed by atoms with Crippen LogP contribution in [0.15, 0.2) is 46.9 Å². The lowest BCUT2D eigenvalue weighted by atomic mass is 9.80. The summed E-state index contributed by atoms with van der Waals surface area (Å²) < 4.78 is 4.86. The molecule has 2 aromatic carbocycles. The third-order valence-electron chi connectivity index (χ3n) is 5.33. The van der Waals surface area contributed by atoms with Gasteiger partial charge < -0.3 is 4.74 Å². The van der Waals surface area contributed by atoms with Crippen LogP contribution in [0.3, 0.4) is 0 Å². The van der Waals surface area contributed by atoms with E-state index in [9.17, 15) is 4.79 Å². The molecule has 1 aliphatic carbocycles. The molecule has 0 fully saturated rings. The molecule has 25 heavy (non-hydrogen) atoms. The number of benzene rings is 2. The van der Waals surface area contributed by atoms with Crippen molar-refractivity contribution in [2.75, 3.05) is 12.9 Å². The molecule has 2 aliphatic rings. The number of thioether (sulfide) groups is 1. The van der Waals surface area contributed by atoms with Gasteiger partial charge in [0.15, 0.2) is 0 Å². The van der Waals surface area contributed by atoms with Gasteiger partial charge >= 0.3 is 5.97 Å².